The Hall–Kier alpha value is -1.13. The van der Waals surface area contributed by atoms with E-state index in [0.717, 1.165) is 12.8 Å². The van der Waals surface area contributed by atoms with Crippen LogP contribution in [0.1, 0.15) is 18.4 Å². The zero-order valence-corrected chi connectivity index (χ0v) is 10.1. The second-order valence-electron chi connectivity index (χ2n) is 4.16. The molecule has 1 aromatic rings. The molecule has 0 aromatic heterocycles. The quantitative estimate of drug-likeness (QED) is 0.844. The average Bonchev–Trinajstić information content (AvgIpc) is 3.08. The monoisotopic (exact) mass is 256 g/mol. The van der Waals surface area contributed by atoms with E-state index in [9.17, 15) is 9.18 Å². The topological polar surface area (TPSA) is 41.1 Å². The predicted molar refractivity (Wildman–Crippen MR) is 64.3 cm³/mol. The van der Waals surface area contributed by atoms with Gasteiger partial charge in [0.2, 0.25) is 5.91 Å². The minimum Gasteiger partial charge on any atom is -0.352 e. The molecule has 3 nitrogen and oxygen atoms in total. The Kier molecular flexibility index (Phi) is 3.97. The fourth-order valence-corrected chi connectivity index (χ4v) is 1.70. The number of benzene rings is 1. The van der Waals surface area contributed by atoms with E-state index in [1.807, 2.05) is 0 Å². The number of rotatable bonds is 5. The molecule has 0 unspecified atom stereocenters. The first-order valence-corrected chi connectivity index (χ1v) is 5.97. The van der Waals surface area contributed by atoms with Crippen molar-refractivity contribution in [2.45, 2.75) is 25.4 Å². The summed E-state index contributed by atoms with van der Waals surface area (Å²) < 4.78 is 13.5. The van der Waals surface area contributed by atoms with E-state index in [0.29, 0.717) is 18.2 Å². The highest BCUT2D eigenvalue weighted by Crippen LogP contribution is 2.18. The lowest BCUT2D eigenvalue weighted by Crippen LogP contribution is -2.34. The molecule has 1 aliphatic rings. The van der Waals surface area contributed by atoms with Crippen LogP contribution in [0.25, 0.3) is 0 Å². The van der Waals surface area contributed by atoms with Crippen LogP contribution >= 0.6 is 11.6 Å². The number of carbonyl (C=O) groups excluding carboxylic acids is 1. The number of carbonyl (C=O) groups is 1. The molecule has 0 aliphatic heterocycles. The van der Waals surface area contributed by atoms with Crippen molar-refractivity contribution in [3.05, 3.63) is 34.6 Å². The summed E-state index contributed by atoms with van der Waals surface area (Å²) in [4.78, 5) is 11.3. The molecule has 2 N–H and O–H groups in total. The number of hydrogen-bond acceptors (Lipinski definition) is 2. The molecular weight excluding hydrogens is 243 g/mol. The summed E-state index contributed by atoms with van der Waals surface area (Å²) in [5.41, 5.74) is 0.469. The van der Waals surface area contributed by atoms with Gasteiger partial charge in [0.1, 0.15) is 5.82 Å². The van der Waals surface area contributed by atoms with Crippen molar-refractivity contribution >= 4 is 17.5 Å². The summed E-state index contributed by atoms with van der Waals surface area (Å²) in [5, 5.41) is 5.84. The largest absolute Gasteiger partial charge is 0.352 e. The van der Waals surface area contributed by atoms with Crippen molar-refractivity contribution in [2.24, 2.45) is 0 Å². The molecule has 92 valence electrons. The lowest BCUT2D eigenvalue weighted by Gasteiger charge is -2.07. The fourth-order valence-electron chi connectivity index (χ4n) is 1.50. The van der Waals surface area contributed by atoms with Crippen LogP contribution in [-0.2, 0) is 11.3 Å². The molecule has 5 heteroatoms. The molecule has 1 aromatic carbocycles. The first kappa shape index (κ1) is 12.3. The van der Waals surface area contributed by atoms with E-state index in [1.165, 1.54) is 6.07 Å². The van der Waals surface area contributed by atoms with Crippen LogP contribution in [0, 0.1) is 5.82 Å². The van der Waals surface area contributed by atoms with Crippen molar-refractivity contribution in [2.75, 3.05) is 6.54 Å². The van der Waals surface area contributed by atoms with Crippen LogP contribution in [-0.4, -0.2) is 18.5 Å². The maximum Gasteiger partial charge on any atom is 0.234 e. The van der Waals surface area contributed by atoms with Gasteiger partial charge >= 0.3 is 0 Å². The van der Waals surface area contributed by atoms with Gasteiger partial charge in [0.05, 0.1) is 11.6 Å². The van der Waals surface area contributed by atoms with Gasteiger partial charge in [-0.3, -0.25) is 4.79 Å². The van der Waals surface area contributed by atoms with E-state index >= 15 is 0 Å². The van der Waals surface area contributed by atoms with Gasteiger partial charge in [-0.05, 0) is 18.9 Å². The minimum atomic E-state index is -0.427. The third-order valence-corrected chi connectivity index (χ3v) is 2.87. The number of amides is 1. The van der Waals surface area contributed by atoms with Gasteiger partial charge in [-0.25, -0.2) is 4.39 Å². The highest BCUT2D eigenvalue weighted by molar-refractivity contribution is 6.30. The predicted octanol–water partition coefficient (Wildman–Crippen LogP) is 1.85. The smallest absolute Gasteiger partial charge is 0.234 e. The molecule has 1 amide bonds. The normalized spacial score (nSPS) is 14.7. The fraction of sp³-hybridized carbons (Fsp3) is 0.417. The van der Waals surface area contributed by atoms with Gasteiger partial charge in [-0.1, -0.05) is 23.7 Å². The van der Waals surface area contributed by atoms with Gasteiger partial charge in [0.25, 0.3) is 0 Å². The van der Waals surface area contributed by atoms with Gasteiger partial charge in [0, 0.05) is 18.2 Å². The van der Waals surface area contributed by atoms with Crippen molar-refractivity contribution in [1.82, 2.24) is 10.6 Å². The van der Waals surface area contributed by atoms with Gasteiger partial charge in [0.15, 0.2) is 0 Å². The van der Waals surface area contributed by atoms with Crippen molar-refractivity contribution in [1.29, 1.82) is 0 Å². The molecule has 1 fully saturated rings. The summed E-state index contributed by atoms with van der Waals surface area (Å²) in [6.45, 7) is 0.493. The van der Waals surface area contributed by atoms with E-state index in [2.05, 4.69) is 10.6 Å². The Morgan fingerprint density at radius 2 is 2.24 bits per heavy atom. The van der Waals surface area contributed by atoms with Crippen molar-refractivity contribution in [3.63, 3.8) is 0 Å². The number of halogens is 2. The van der Waals surface area contributed by atoms with Gasteiger partial charge in [-0.2, -0.15) is 0 Å². The zero-order valence-electron chi connectivity index (χ0n) is 9.30. The van der Waals surface area contributed by atoms with Crippen molar-refractivity contribution < 1.29 is 9.18 Å². The van der Waals surface area contributed by atoms with Crippen LogP contribution in [0.2, 0.25) is 5.02 Å². The molecule has 0 saturated heterocycles. The summed E-state index contributed by atoms with van der Waals surface area (Å²) in [5.74, 6) is -0.473. The Bertz CT molecular complexity index is 421. The SMILES string of the molecule is O=C(CNCc1cccc(Cl)c1F)NC1CC1. The molecule has 0 heterocycles. The Morgan fingerprint density at radius 1 is 1.47 bits per heavy atom. The maximum absolute atomic E-state index is 13.5. The first-order chi connectivity index (χ1) is 8.16. The van der Waals surface area contributed by atoms with E-state index in [4.69, 9.17) is 11.6 Å². The van der Waals surface area contributed by atoms with Crippen LogP contribution in [0.4, 0.5) is 4.39 Å². The maximum atomic E-state index is 13.5. The Labute approximate surface area is 104 Å². The molecule has 0 bridgehead atoms. The Morgan fingerprint density at radius 3 is 2.94 bits per heavy atom. The number of hydrogen-bond donors (Lipinski definition) is 2. The second-order valence-corrected chi connectivity index (χ2v) is 4.57. The van der Waals surface area contributed by atoms with Gasteiger partial charge < -0.3 is 10.6 Å². The first-order valence-electron chi connectivity index (χ1n) is 5.60. The van der Waals surface area contributed by atoms with E-state index in [-0.39, 0.29) is 17.5 Å². The van der Waals surface area contributed by atoms with E-state index < -0.39 is 5.82 Å². The average molecular weight is 257 g/mol. The molecule has 0 radical (unpaired) electrons. The van der Waals surface area contributed by atoms with Crippen molar-refractivity contribution in [3.8, 4) is 0 Å². The summed E-state index contributed by atoms with van der Waals surface area (Å²) in [6.07, 6.45) is 2.13. The summed E-state index contributed by atoms with van der Waals surface area (Å²) in [7, 11) is 0. The standard InChI is InChI=1S/C12H14ClFN2O/c13-10-3-1-2-8(12(10)14)6-15-7-11(17)16-9-4-5-9/h1-3,9,15H,4-7H2,(H,16,17). The molecular formula is C12H14ClFN2O. The third-order valence-electron chi connectivity index (χ3n) is 2.58. The lowest BCUT2D eigenvalue weighted by atomic mass is 10.2. The summed E-state index contributed by atoms with van der Waals surface area (Å²) >= 11 is 5.65. The van der Waals surface area contributed by atoms with Gasteiger partial charge in [-0.15, -0.1) is 0 Å². The van der Waals surface area contributed by atoms with Crippen LogP contribution in [0.3, 0.4) is 0 Å². The molecule has 2 rings (SSSR count). The third kappa shape index (κ3) is 3.68. The second kappa shape index (κ2) is 5.47. The molecule has 17 heavy (non-hydrogen) atoms. The lowest BCUT2D eigenvalue weighted by molar-refractivity contribution is -0.120. The molecule has 0 atom stereocenters. The Balaban J connectivity index is 1.77. The molecule has 1 saturated carbocycles. The summed E-state index contributed by atoms with van der Waals surface area (Å²) in [6, 6.07) is 5.19. The van der Waals surface area contributed by atoms with Crippen LogP contribution in [0.5, 0.6) is 0 Å². The van der Waals surface area contributed by atoms with Crippen LogP contribution in [0.15, 0.2) is 18.2 Å². The molecule has 0 spiro atoms. The highest BCUT2D eigenvalue weighted by Gasteiger charge is 2.22. The minimum absolute atomic E-state index is 0.0464. The van der Waals surface area contributed by atoms with Crippen LogP contribution < -0.4 is 10.6 Å². The van der Waals surface area contributed by atoms with E-state index in [1.54, 1.807) is 12.1 Å². The highest BCUT2D eigenvalue weighted by atomic mass is 35.5. The number of nitrogens with one attached hydrogen (secondary N) is 2. The molecule has 1 aliphatic carbocycles. The zero-order chi connectivity index (χ0) is 12.3.